The van der Waals surface area contributed by atoms with Crippen LogP contribution in [-0.2, 0) is 0 Å². The third-order valence-corrected chi connectivity index (χ3v) is 9.14. The van der Waals surface area contributed by atoms with Crippen LogP contribution >= 0.6 is 11.3 Å². The zero-order valence-electron chi connectivity index (χ0n) is 22.3. The van der Waals surface area contributed by atoms with E-state index in [9.17, 15) is 10.5 Å². The number of thiophene rings is 1. The van der Waals surface area contributed by atoms with E-state index >= 15 is 0 Å². The average Bonchev–Trinajstić information content (AvgIpc) is 3.61. The van der Waals surface area contributed by atoms with Crippen LogP contribution in [0.4, 0.5) is 0 Å². The van der Waals surface area contributed by atoms with Gasteiger partial charge in [-0.05, 0) is 71.3 Å². The molecule has 0 spiro atoms. The molecular formula is C38H20N2OS. The lowest BCUT2D eigenvalue weighted by molar-refractivity contribution is 0.669. The van der Waals surface area contributed by atoms with Crippen LogP contribution < -0.4 is 0 Å². The van der Waals surface area contributed by atoms with Gasteiger partial charge in [-0.25, -0.2) is 0 Å². The number of nitrogens with zero attached hydrogens (tertiary/aromatic N) is 2. The molecule has 3 nitrogen and oxygen atoms in total. The molecule has 6 aromatic carbocycles. The Balaban J connectivity index is 1.41. The average molecular weight is 553 g/mol. The lowest BCUT2D eigenvalue weighted by Gasteiger charge is -2.15. The first-order chi connectivity index (χ1) is 20.7. The topological polar surface area (TPSA) is 60.7 Å². The minimum absolute atomic E-state index is 0.527. The third-order valence-electron chi connectivity index (χ3n) is 7.99. The summed E-state index contributed by atoms with van der Waals surface area (Å²) in [6.45, 7) is 0. The van der Waals surface area contributed by atoms with Crippen LogP contribution in [0.2, 0.25) is 0 Å². The van der Waals surface area contributed by atoms with E-state index in [2.05, 4.69) is 78.9 Å². The lowest BCUT2D eigenvalue weighted by atomic mass is 9.86. The van der Waals surface area contributed by atoms with Gasteiger partial charge in [0, 0.05) is 47.6 Å². The van der Waals surface area contributed by atoms with E-state index in [1.807, 2.05) is 48.5 Å². The van der Waals surface area contributed by atoms with Crippen molar-refractivity contribution in [1.82, 2.24) is 0 Å². The second-order valence-corrected chi connectivity index (χ2v) is 11.4. The monoisotopic (exact) mass is 552 g/mol. The largest absolute Gasteiger partial charge is 0.456 e. The van der Waals surface area contributed by atoms with E-state index in [0.29, 0.717) is 11.1 Å². The Morgan fingerprint density at radius 2 is 1.19 bits per heavy atom. The maximum Gasteiger partial charge on any atom is 0.136 e. The third kappa shape index (κ3) is 3.71. The van der Waals surface area contributed by atoms with E-state index in [1.165, 1.54) is 20.2 Å². The molecule has 42 heavy (non-hydrogen) atoms. The molecule has 8 aromatic rings. The van der Waals surface area contributed by atoms with Gasteiger partial charge in [0.2, 0.25) is 0 Å². The molecule has 0 aliphatic rings. The van der Waals surface area contributed by atoms with Crippen molar-refractivity contribution in [3.05, 3.63) is 132 Å². The smallest absolute Gasteiger partial charge is 0.136 e. The van der Waals surface area contributed by atoms with Crippen molar-refractivity contribution in [3.63, 3.8) is 0 Å². The number of hydrogen-bond acceptors (Lipinski definition) is 4. The summed E-state index contributed by atoms with van der Waals surface area (Å²) < 4.78 is 8.70. The summed E-state index contributed by atoms with van der Waals surface area (Å²) in [6.07, 6.45) is 0. The first kappa shape index (κ1) is 24.1. The molecule has 0 aliphatic carbocycles. The summed E-state index contributed by atoms with van der Waals surface area (Å²) in [6, 6.07) is 45.6. The molecule has 0 N–H and O–H groups in total. The highest BCUT2D eigenvalue weighted by molar-refractivity contribution is 7.25. The van der Waals surface area contributed by atoms with E-state index in [0.717, 1.165) is 55.3 Å². The Bertz CT molecular complexity index is 2450. The van der Waals surface area contributed by atoms with Gasteiger partial charge in [0.05, 0.1) is 17.2 Å². The molecule has 2 aromatic heterocycles. The van der Waals surface area contributed by atoms with Crippen molar-refractivity contribution in [2.75, 3.05) is 0 Å². The number of para-hydroxylation sites is 1. The molecule has 2 heterocycles. The molecule has 0 aliphatic heterocycles. The Labute approximate surface area is 245 Å². The van der Waals surface area contributed by atoms with Gasteiger partial charge >= 0.3 is 0 Å². The molecule has 0 amide bonds. The Morgan fingerprint density at radius 3 is 2.07 bits per heavy atom. The van der Waals surface area contributed by atoms with Gasteiger partial charge in [-0.1, -0.05) is 66.7 Å². The molecule has 0 bridgehead atoms. The predicted octanol–water partition coefficient (Wildman–Crippen LogP) is 10.7. The molecule has 0 saturated heterocycles. The van der Waals surface area contributed by atoms with Crippen molar-refractivity contribution < 1.29 is 4.42 Å². The van der Waals surface area contributed by atoms with Gasteiger partial charge in [0.15, 0.2) is 0 Å². The lowest BCUT2D eigenvalue weighted by Crippen LogP contribution is -1.94. The van der Waals surface area contributed by atoms with Gasteiger partial charge in [0.25, 0.3) is 0 Å². The minimum Gasteiger partial charge on any atom is -0.456 e. The second kappa shape index (κ2) is 9.46. The second-order valence-electron chi connectivity index (χ2n) is 10.3. The highest BCUT2D eigenvalue weighted by Crippen LogP contribution is 2.42. The van der Waals surface area contributed by atoms with Crippen LogP contribution in [0, 0.1) is 22.7 Å². The molecule has 0 saturated carbocycles. The summed E-state index contributed by atoms with van der Waals surface area (Å²) in [7, 11) is 0. The van der Waals surface area contributed by atoms with Crippen LogP contribution in [0.5, 0.6) is 0 Å². The first-order valence-corrected chi connectivity index (χ1v) is 14.4. The summed E-state index contributed by atoms with van der Waals surface area (Å²) in [4.78, 5) is 0. The van der Waals surface area contributed by atoms with E-state index < -0.39 is 0 Å². The normalized spacial score (nSPS) is 11.3. The van der Waals surface area contributed by atoms with E-state index in [1.54, 1.807) is 17.4 Å². The van der Waals surface area contributed by atoms with Gasteiger partial charge in [0.1, 0.15) is 17.2 Å². The summed E-state index contributed by atoms with van der Waals surface area (Å²) in [5.74, 6) is 0. The van der Waals surface area contributed by atoms with Crippen molar-refractivity contribution >= 4 is 53.4 Å². The molecule has 0 atom stereocenters. The van der Waals surface area contributed by atoms with Crippen LogP contribution in [0.3, 0.4) is 0 Å². The van der Waals surface area contributed by atoms with Gasteiger partial charge in [-0.15, -0.1) is 11.3 Å². The summed E-state index contributed by atoms with van der Waals surface area (Å²) in [5, 5.41) is 25.1. The van der Waals surface area contributed by atoms with Gasteiger partial charge < -0.3 is 4.42 Å². The highest BCUT2D eigenvalue weighted by atomic mass is 32.1. The number of furan rings is 1. The number of rotatable bonds is 3. The quantitative estimate of drug-likeness (QED) is 0.219. The fourth-order valence-corrected chi connectivity index (χ4v) is 7.07. The standard InChI is InChI=1S/C38H20N2OS/c39-21-25-7-1-2-8-27(25)32-19-26(23-14-16-38-33(17-23)30-10-4-6-12-37(30)42-38)18-31(34(32)22-40)24-13-15-29-28-9-3-5-11-35(28)41-36(29)20-24/h1-20H. The summed E-state index contributed by atoms with van der Waals surface area (Å²) >= 11 is 1.79. The Hall–Kier alpha value is -5.68. The molecule has 0 unspecified atom stereocenters. The Morgan fingerprint density at radius 1 is 0.476 bits per heavy atom. The minimum atomic E-state index is 0.527. The molecular weight excluding hydrogens is 532 g/mol. The molecule has 194 valence electrons. The van der Waals surface area contributed by atoms with Crippen LogP contribution in [0.15, 0.2) is 126 Å². The highest BCUT2D eigenvalue weighted by Gasteiger charge is 2.19. The van der Waals surface area contributed by atoms with Crippen molar-refractivity contribution in [2.24, 2.45) is 0 Å². The fourth-order valence-electron chi connectivity index (χ4n) is 5.98. The number of hydrogen-bond donors (Lipinski definition) is 0. The maximum absolute atomic E-state index is 10.6. The molecule has 0 fully saturated rings. The van der Waals surface area contributed by atoms with Crippen LogP contribution in [0.1, 0.15) is 11.1 Å². The van der Waals surface area contributed by atoms with Gasteiger partial charge in [-0.3, -0.25) is 0 Å². The van der Waals surface area contributed by atoms with Crippen LogP contribution in [-0.4, -0.2) is 0 Å². The van der Waals surface area contributed by atoms with Crippen molar-refractivity contribution in [3.8, 4) is 45.5 Å². The number of benzene rings is 6. The van der Waals surface area contributed by atoms with Crippen molar-refractivity contribution in [2.45, 2.75) is 0 Å². The van der Waals surface area contributed by atoms with E-state index in [-0.39, 0.29) is 0 Å². The Kier molecular flexibility index (Phi) is 5.44. The fraction of sp³-hybridized carbons (Fsp3) is 0. The number of nitriles is 2. The van der Waals surface area contributed by atoms with E-state index in [4.69, 9.17) is 4.42 Å². The summed E-state index contributed by atoms with van der Waals surface area (Å²) in [5.41, 5.74) is 7.86. The zero-order valence-corrected chi connectivity index (χ0v) is 23.1. The van der Waals surface area contributed by atoms with Gasteiger partial charge in [-0.2, -0.15) is 10.5 Å². The molecule has 8 rings (SSSR count). The SMILES string of the molecule is N#Cc1ccccc1-c1cc(-c2ccc3sc4ccccc4c3c2)cc(-c2ccc3c(c2)oc2ccccc23)c1C#N. The van der Waals surface area contributed by atoms with Crippen LogP contribution in [0.25, 0.3) is 75.5 Å². The first-order valence-electron chi connectivity index (χ1n) is 13.6. The molecule has 4 heteroatoms. The molecule has 0 radical (unpaired) electrons. The maximum atomic E-state index is 10.6. The van der Waals surface area contributed by atoms with Crippen molar-refractivity contribution in [1.29, 1.82) is 10.5 Å². The predicted molar refractivity (Wildman–Crippen MR) is 172 cm³/mol. The zero-order chi connectivity index (χ0) is 28.2. The number of fused-ring (bicyclic) bond motifs is 6.